The topological polar surface area (TPSA) is 77.1 Å². The molecule has 3 aromatic rings. The Morgan fingerprint density at radius 3 is 2.62 bits per heavy atom. The van der Waals surface area contributed by atoms with Crippen LogP contribution in [0.1, 0.15) is 33.7 Å². The van der Waals surface area contributed by atoms with Crippen LogP contribution in [0.2, 0.25) is 0 Å². The number of hydrogen-bond acceptors (Lipinski definition) is 4. The van der Waals surface area contributed by atoms with Gasteiger partial charge in [-0.2, -0.15) is 5.10 Å². The molecule has 0 aliphatic carbocycles. The molecule has 0 saturated heterocycles. The van der Waals surface area contributed by atoms with Gasteiger partial charge in [0.25, 0.3) is 5.91 Å². The van der Waals surface area contributed by atoms with E-state index in [2.05, 4.69) is 22.5 Å². The summed E-state index contributed by atoms with van der Waals surface area (Å²) >= 11 is 0. The maximum atomic E-state index is 12.4. The number of anilines is 1. The van der Waals surface area contributed by atoms with Crippen molar-refractivity contribution in [1.29, 1.82) is 0 Å². The molecule has 6 heteroatoms. The fourth-order valence-corrected chi connectivity index (χ4v) is 2.86. The van der Waals surface area contributed by atoms with E-state index in [1.165, 1.54) is 10.2 Å². The molecule has 1 N–H and O–H groups in total. The summed E-state index contributed by atoms with van der Waals surface area (Å²) in [6.07, 6.45) is 3.99. The van der Waals surface area contributed by atoms with Gasteiger partial charge < -0.3 is 9.73 Å². The minimum Gasteiger partial charge on any atom is -0.427 e. The van der Waals surface area contributed by atoms with Crippen LogP contribution in [0, 0.1) is 6.92 Å². The maximum Gasteiger partial charge on any atom is 0.349 e. The number of hydrogen-bond donors (Lipinski definition) is 1. The van der Waals surface area contributed by atoms with Gasteiger partial charge in [-0.05, 0) is 37.0 Å². The summed E-state index contributed by atoms with van der Waals surface area (Å²) in [6.45, 7) is 1.75. The standard InChI is InChI=1S/C20H21N3O3/c1-14-13-16(10-6-9-15-7-4-3-5-8-15)26-20(25)18(14)19(24)22-17-11-12-21-23(17)2/h3-5,7-8,11-13H,6,9-10H2,1-2H3,(H,22,24). The van der Waals surface area contributed by atoms with Gasteiger partial charge >= 0.3 is 5.63 Å². The van der Waals surface area contributed by atoms with Crippen LogP contribution in [0.3, 0.4) is 0 Å². The van der Waals surface area contributed by atoms with E-state index in [-0.39, 0.29) is 5.56 Å². The lowest BCUT2D eigenvalue weighted by atomic mass is 10.1. The zero-order valence-electron chi connectivity index (χ0n) is 14.9. The van der Waals surface area contributed by atoms with Crippen molar-refractivity contribution < 1.29 is 9.21 Å². The monoisotopic (exact) mass is 351 g/mol. The van der Waals surface area contributed by atoms with Gasteiger partial charge in [-0.25, -0.2) is 4.79 Å². The van der Waals surface area contributed by atoms with Crippen LogP contribution in [-0.2, 0) is 19.9 Å². The van der Waals surface area contributed by atoms with Crippen molar-refractivity contribution in [3.8, 4) is 0 Å². The molecule has 0 radical (unpaired) electrons. The van der Waals surface area contributed by atoms with Crippen molar-refractivity contribution in [3.05, 3.63) is 81.5 Å². The molecule has 26 heavy (non-hydrogen) atoms. The Morgan fingerprint density at radius 1 is 1.19 bits per heavy atom. The minimum atomic E-state index is -0.612. The molecule has 0 atom stereocenters. The number of nitrogens with one attached hydrogen (secondary N) is 1. The highest BCUT2D eigenvalue weighted by Gasteiger charge is 2.18. The second kappa shape index (κ2) is 7.82. The average Bonchev–Trinajstić information content (AvgIpc) is 3.00. The molecule has 1 aromatic carbocycles. The quantitative estimate of drug-likeness (QED) is 0.740. The summed E-state index contributed by atoms with van der Waals surface area (Å²) in [6, 6.07) is 13.6. The molecule has 0 unspecified atom stereocenters. The summed E-state index contributed by atoms with van der Waals surface area (Å²) in [5.41, 5.74) is 1.27. The Morgan fingerprint density at radius 2 is 1.96 bits per heavy atom. The van der Waals surface area contributed by atoms with Crippen molar-refractivity contribution in [2.24, 2.45) is 7.05 Å². The molecule has 0 saturated carbocycles. The molecule has 0 aliphatic rings. The van der Waals surface area contributed by atoms with Crippen molar-refractivity contribution in [2.75, 3.05) is 5.32 Å². The first-order valence-corrected chi connectivity index (χ1v) is 8.51. The number of aromatic nitrogens is 2. The molecule has 0 bridgehead atoms. The lowest BCUT2D eigenvalue weighted by Crippen LogP contribution is -2.24. The first-order valence-electron chi connectivity index (χ1n) is 8.51. The lowest BCUT2D eigenvalue weighted by molar-refractivity contribution is 0.102. The highest BCUT2D eigenvalue weighted by Crippen LogP contribution is 2.13. The van der Waals surface area contributed by atoms with Gasteiger partial charge in [0.2, 0.25) is 0 Å². The number of benzene rings is 1. The largest absolute Gasteiger partial charge is 0.427 e. The molecule has 1 amide bonds. The van der Waals surface area contributed by atoms with Crippen molar-refractivity contribution >= 4 is 11.7 Å². The van der Waals surface area contributed by atoms with E-state index in [1.807, 2.05) is 18.2 Å². The number of carbonyl (C=O) groups excluding carboxylic acids is 1. The Bertz CT molecular complexity index is 958. The zero-order chi connectivity index (χ0) is 18.5. The average molecular weight is 351 g/mol. The zero-order valence-corrected chi connectivity index (χ0v) is 14.9. The molecular weight excluding hydrogens is 330 g/mol. The molecule has 2 heterocycles. The van der Waals surface area contributed by atoms with E-state index in [4.69, 9.17) is 4.42 Å². The van der Waals surface area contributed by atoms with Gasteiger partial charge in [-0.1, -0.05) is 30.3 Å². The Kier molecular flexibility index (Phi) is 5.31. The molecule has 2 aromatic heterocycles. The summed E-state index contributed by atoms with van der Waals surface area (Å²) in [5, 5.41) is 6.66. The van der Waals surface area contributed by atoms with Crippen LogP contribution in [0.5, 0.6) is 0 Å². The summed E-state index contributed by atoms with van der Waals surface area (Å²) in [7, 11) is 1.71. The molecule has 6 nitrogen and oxygen atoms in total. The molecule has 0 fully saturated rings. The summed E-state index contributed by atoms with van der Waals surface area (Å²) < 4.78 is 6.88. The number of rotatable bonds is 6. The van der Waals surface area contributed by atoms with E-state index in [9.17, 15) is 9.59 Å². The number of carbonyl (C=O) groups is 1. The Labute approximate surface area is 151 Å². The fraction of sp³-hybridized carbons (Fsp3) is 0.250. The van der Waals surface area contributed by atoms with Crippen LogP contribution in [0.25, 0.3) is 0 Å². The van der Waals surface area contributed by atoms with E-state index in [0.29, 0.717) is 23.6 Å². The Hall–Kier alpha value is -3.15. The van der Waals surface area contributed by atoms with Crippen molar-refractivity contribution in [1.82, 2.24) is 9.78 Å². The van der Waals surface area contributed by atoms with Gasteiger partial charge in [-0.3, -0.25) is 9.48 Å². The maximum absolute atomic E-state index is 12.4. The highest BCUT2D eigenvalue weighted by molar-refractivity contribution is 6.04. The van der Waals surface area contributed by atoms with E-state index in [1.54, 1.807) is 32.3 Å². The molecule has 3 rings (SSSR count). The van der Waals surface area contributed by atoms with Crippen molar-refractivity contribution in [3.63, 3.8) is 0 Å². The molecular formula is C20H21N3O3. The molecule has 0 spiro atoms. The van der Waals surface area contributed by atoms with E-state index < -0.39 is 11.5 Å². The van der Waals surface area contributed by atoms with E-state index in [0.717, 1.165) is 12.8 Å². The number of amides is 1. The number of aryl methyl sites for hydroxylation is 4. The smallest absolute Gasteiger partial charge is 0.349 e. The van der Waals surface area contributed by atoms with Crippen LogP contribution in [0.15, 0.2) is 57.9 Å². The van der Waals surface area contributed by atoms with Crippen LogP contribution in [0.4, 0.5) is 5.82 Å². The third kappa shape index (κ3) is 4.08. The molecule has 134 valence electrons. The third-order valence-electron chi connectivity index (χ3n) is 4.22. The summed E-state index contributed by atoms with van der Waals surface area (Å²) in [4.78, 5) is 24.7. The van der Waals surface area contributed by atoms with Crippen LogP contribution in [-0.4, -0.2) is 15.7 Å². The van der Waals surface area contributed by atoms with E-state index >= 15 is 0 Å². The highest BCUT2D eigenvalue weighted by atomic mass is 16.4. The SMILES string of the molecule is Cc1cc(CCCc2ccccc2)oc(=O)c1C(=O)Nc1ccnn1C. The van der Waals surface area contributed by atoms with Gasteiger partial charge in [0.05, 0.1) is 6.20 Å². The van der Waals surface area contributed by atoms with Gasteiger partial charge in [0, 0.05) is 19.5 Å². The van der Waals surface area contributed by atoms with Gasteiger partial charge in [0.1, 0.15) is 17.1 Å². The van der Waals surface area contributed by atoms with Gasteiger partial charge in [-0.15, -0.1) is 0 Å². The lowest BCUT2D eigenvalue weighted by Gasteiger charge is -2.08. The van der Waals surface area contributed by atoms with Crippen LogP contribution >= 0.6 is 0 Å². The second-order valence-electron chi connectivity index (χ2n) is 6.19. The number of nitrogens with zero attached hydrogens (tertiary/aromatic N) is 2. The minimum absolute atomic E-state index is 0.0259. The molecule has 0 aliphatic heterocycles. The normalized spacial score (nSPS) is 10.7. The predicted octanol–water partition coefficient (Wildman–Crippen LogP) is 3.11. The van der Waals surface area contributed by atoms with Crippen LogP contribution < -0.4 is 10.9 Å². The van der Waals surface area contributed by atoms with Gasteiger partial charge in [0.15, 0.2) is 0 Å². The third-order valence-corrected chi connectivity index (χ3v) is 4.22. The second-order valence-corrected chi connectivity index (χ2v) is 6.19. The van der Waals surface area contributed by atoms with Crippen molar-refractivity contribution in [2.45, 2.75) is 26.2 Å². The predicted molar refractivity (Wildman–Crippen MR) is 99.3 cm³/mol. The summed E-state index contributed by atoms with van der Waals surface area (Å²) in [5.74, 6) is 0.622. The Balaban J connectivity index is 1.69. The fourth-order valence-electron chi connectivity index (χ4n) is 2.86. The first-order chi connectivity index (χ1) is 12.5. The first kappa shape index (κ1) is 17.7.